The average Bonchev–Trinajstić information content (AvgIpc) is 2.83. The first-order chi connectivity index (χ1) is 7.88. The second kappa shape index (κ2) is 6.31. The molecule has 1 aromatic carbocycles. The van der Waals surface area contributed by atoms with E-state index in [-0.39, 0.29) is 0 Å². The van der Waals surface area contributed by atoms with Crippen molar-refractivity contribution in [3.63, 3.8) is 0 Å². The zero-order valence-corrected chi connectivity index (χ0v) is 10.9. The summed E-state index contributed by atoms with van der Waals surface area (Å²) in [6.07, 6.45) is 7.85. The highest BCUT2D eigenvalue weighted by Crippen LogP contribution is 2.23. The molecule has 0 aliphatic heterocycles. The standard InChI is InChI=1S/C14H21NS/c1-16-14-8-6-13(7-9-14)11-15-10-12-4-2-3-5-12/h6-9,12,15H,2-5,10-11H2,1H3. The predicted octanol–water partition coefficient (Wildman–Crippen LogP) is 3.69. The van der Waals surface area contributed by atoms with E-state index in [1.807, 2.05) is 0 Å². The molecule has 1 aromatic rings. The van der Waals surface area contributed by atoms with Crippen LogP contribution in [-0.4, -0.2) is 12.8 Å². The molecule has 0 heterocycles. The molecule has 16 heavy (non-hydrogen) atoms. The third-order valence-corrected chi connectivity index (χ3v) is 4.14. The maximum Gasteiger partial charge on any atom is 0.0205 e. The van der Waals surface area contributed by atoms with Crippen molar-refractivity contribution < 1.29 is 0 Å². The fourth-order valence-corrected chi connectivity index (χ4v) is 2.79. The van der Waals surface area contributed by atoms with Crippen LogP contribution in [0.15, 0.2) is 29.2 Å². The summed E-state index contributed by atoms with van der Waals surface area (Å²) in [6.45, 7) is 2.22. The van der Waals surface area contributed by atoms with Gasteiger partial charge in [-0.1, -0.05) is 25.0 Å². The van der Waals surface area contributed by atoms with Gasteiger partial charge >= 0.3 is 0 Å². The molecular weight excluding hydrogens is 214 g/mol. The smallest absolute Gasteiger partial charge is 0.0205 e. The summed E-state index contributed by atoms with van der Waals surface area (Å²) < 4.78 is 0. The molecule has 2 heteroatoms. The van der Waals surface area contributed by atoms with E-state index in [0.717, 1.165) is 12.5 Å². The lowest BCUT2D eigenvalue weighted by Crippen LogP contribution is -2.20. The van der Waals surface area contributed by atoms with Crippen LogP contribution in [0.3, 0.4) is 0 Å². The van der Waals surface area contributed by atoms with Gasteiger partial charge in [-0.05, 0) is 49.3 Å². The zero-order chi connectivity index (χ0) is 11.2. The van der Waals surface area contributed by atoms with Crippen LogP contribution in [0.4, 0.5) is 0 Å². The van der Waals surface area contributed by atoms with Crippen LogP contribution in [0.5, 0.6) is 0 Å². The van der Waals surface area contributed by atoms with E-state index in [1.54, 1.807) is 11.8 Å². The van der Waals surface area contributed by atoms with E-state index in [2.05, 4.69) is 35.8 Å². The highest BCUT2D eigenvalue weighted by Gasteiger charge is 2.13. The Morgan fingerprint density at radius 3 is 2.50 bits per heavy atom. The van der Waals surface area contributed by atoms with Crippen molar-refractivity contribution in [2.24, 2.45) is 5.92 Å². The summed E-state index contributed by atoms with van der Waals surface area (Å²) in [5, 5.41) is 3.57. The number of hydrogen-bond donors (Lipinski definition) is 1. The zero-order valence-electron chi connectivity index (χ0n) is 10.0. The quantitative estimate of drug-likeness (QED) is 0.781. The molecule has 1 fully saturated rings. The van der Waals surface area contributed by atoms with Crippen molar-refractivity contribution in [1.82, 2.24) is 5.32 Å². The van der Waals surface area contributed by atoms with E-state index in [0.29, 0.717) is 0 Å². The lowest BCUT2D eigenvalue weighted by molar-refractivity contribution is 0.489. The van der Waals surface area contributed by atoms with Crippen LogP contribution in [0, 0.1) is 5.92 Å². The molecule has 0 radical (unpaired) electrons. The van der Waals surface area contributed by atoms with Crippen LogP contribution in [-0.2, 0) is 6.54 Å². The van der Waals surface area contributed by atoms with Crippen molar-refractivity contribution in [2.75, 3.05) is 12.8 Å². The van der Waals surface area contributed by atoms with Crippen molar-refractivity contribution in [3.05, 3.63) is 29.8 Å². The normalized spacial score (nSPS) is 16.8. The van der Waals surface area contributed by atoms with Gasteiger partial charge in [-0.2, -0.15) is 0 Å². The fraction of sp³-hybridized carbons (Fsp3) is 0.571. The first kappa shape index (κ1) is 12.0. The Kier molecular flexibility index (Phi) is 4.73. The maximum atomic E-state index is 3.57. The van der Waals surface area contributed by atoms with Crippen LogP contribution in [0.2, 0.25) is 0 Å². The highest BCUT2D eigenvalue weighted by molar-refractivity contribution is 7.98. The molecule has 1 saturated carbocycles. The van der Waals surface area contributed by atoms with Gasteiger partial charge in [-0.3, -0.25) is 0 Å². The van der Waals surface area contributed by atoms with E-state index < -0.39 is 0 Å². The minimum atomic E-state index is 0.936. The number of hydrogen-bond acceptors (Lipinski definition) is 2. The van der Waals surface area contributed by atoms with Crippen LogP contribution in [0.25, 0.3) is 0 Å². The number of benzene rings is 1. The van der Waals surface area contributed by atoms with E-state index >= 15 is 0 Å². The summed E-state index contributed by atoms with van der Waals surface area (Å²) in [7, 11) is 0. The Bertz CT molecular complexity index is 301. The largest absolute Gasteiger partial charge is 0.312 e. The Morgan fingerprint density at radius 2 is 1.88 bits per heavy atom. The van der Waals surface area contributed by atoms with Crippen molar-refractivity contribution in [3.8, 4) is 0 Å². The molecule has 1 nitrogen and oxygen atoms in total. The van der Waals surface area contributed by atoms with Gasteiger partial charge in [0.1, 0.15) is 0 Å². The second-order valence-corrected chi connectivity index (χ2v) is 5.51. The molecule has 0 saturated heterocycles. The van der Waals surface area contributed by atoms with E-state index in [1.165, 1.54) is 42.7 Å². The van der Waals surface area contributed by atoms with Gasteiger partial charge in [0.15, 0.2) is 0 Å². The Hall–Kier alpha value is -0.470. The van der Waals surface area contributed by atoms with E-state index in [9.17, 15) is 0 Å². The average molecular weight is 235 g/mol. The topological polar surface area (TPSA) is 12.0 Å². The summed E-state index contributed by atoms with van der Waals surface area (Å²) >= 11 is 1.80. The van der Waals surface area contributed by atoms with Gasteiger partial charge in [-0.25, -0.2) is 0 Å². The first-order valence-corrected chi connectivity index (χ1v) is 7.44. The van der Waals surface area contributed by atoms with Crippen LogP contribution < -0.4 is 5.32 Å². The van der Waals surface area contributed by atoms with Crippen molar-refractivity contribution in [1.29, 1.82) is 0 Å². The monoisotopic (exact) mass is 235 g/mol. The van der Waals surface area contributed by atoms with Gasteiger partial charge in [0.05, 0.1) is 0 Å². The maximum absolute atomic E-state index is 3.57. The summed E-state index contributed by atoms with van der Waals surface area (Å²) in [4.78, 5) is 1.35. The van der Waals surface area contributed by atoms with E-state index in [4.69, 9.17) is 0 Å². The third kappa shape index (κ3) is 3.53. The van der Waals surface area contributed by atoms with Gasteiger partial charge in [0.2, 0.25) is 0 Å². The summed E-state index contributed by atoms with van der Waals surface area (Å²) in [5.41, 5.74) is 1.40. The molecule has 1 aliphatic carbocycles. The predicted molar refractivity (Wildman–Crippen MR) is 71.9 cm³/mol. The minimum Gasteiger partial charge on any atom is -0.312 e. The molecule has 1 N–H and O–H groups in total. The summed E-state index contributed by atoms with van der Waals surface area (Å²) in [5.74, 6) is 0.936. The van der Waals surface area contributed by atoms with Gasteiger partial charge < -0.3 is 5.32 Å². The molecule has 0 amide bonds. The number of thioether (sulfide) groups is 1. The Labute approximate surface area is 103 Å². The minimum absolute atomic E-state index is 0.936. The van der Waals surface area contributed by atoms with Gasteiger partial charge in [0, 0.05) is 11.4 Å². The van der Waals surface area contributed by atoms with Gasteiger partial charge in [0.25, 0.3) is 0 Å². The molecule has 0 aromatic heterocycles. The summed E-state index contributed by atoms with van der Waals surface area (Å²) in [6, 6.07) is 8.87. The number of rotatable bonds is 5. The van der Waals surface area contributed by atoms with Gasteiger partial charge in [-0.15, -0.1) is 11.8 Å². The molecule has 88 valence electrons. The lowest BCUT2D eigenvalue weighted by Gasteiger charge is -2.10. The third-order valence-electron chi connectivity index (χ3n) is 3.40. The number of nitrogens with one attached hydrogen (secondary N) is 1. The van der Waals surface area contributed by atoms with Crippen molar-refractivity contribution in [2.45, 2.75) is 37.1 Å². The fourth-order valence-electron chi connectivity index (χ4n) is 2.38. The Balaban J connectivity index is 1.71. The SMILES string of the molecule is CSc1ccc(CNCC2CCCC2)cc1. The molecular formula is C14H21NS. The van der Waals surface area contributed by atoms with Crippen LogP contribution >= 0.6 is 11.8 Å². The van der Waals surface area contributed by atoms with Crippen molar-refractivity contribution >= 4 is 11.8 Å². The highest BCUT2D eigenvalue weighted by atomic mass is 32.2. The molecule has 0 spiro atoms. The second-order valence-electron chi connectivity index (χ2n) is 4.63. The first-order valence-electron chi connectivity index (χ1n) is 6.22. The molecule has 1 aliphatic rings. The van der Waals surface area contributed by atoms with Crippen LogP contribution in [0.1, 0.15) is 31.2 Å². The molecule has 0 bridgehead atoms. The molecule has 0 atom stereocenters. The molecule has 0 unspecified atom stereocenters. The molecule has 2 rings (SSSR count). The Morgan fingerprint density at radius 1 is 1.19 bits per heavy atom. The lowest BCUT2D eigenvalue weighted by atomic mass is 10.1.